The third-order valence-corrected chi connectivity index (χ3v) is 6.82. The number of hydrogen-bond acceptors (Lipinski definition) is 2. The van der Waals surface area contributed by atoms with Gasteiger partial charge < -0.3 is 9.30 Å². The second kappa shape index (κ2) is 6.68. The maximum absolute atomic E-state index is 6.39. The molecule has 2 aromatic carbocycles. The maximum Gasteiger partial charge on any atom is 0.118 e. The van der Waals surface area contributed by atoms with E-state index in [0.29, 0.717) is 12.1 Å². The van der Waals surface area contributed by atoms with Gasteiger partial charge in [0.1, 0.15) is 5.75 Å². The summed E-state index contributed by atoms with van der Waals surface area (Å²) in [5.41, 5.74) is 6.64. The Morgan fingerprint density at radius 2 is 1.93 bits per heavy atom. The van der Waals surface area contributed by atoms with Crippen molar-refractivity contribution >= 4 is 34.3 Å². The van der Waals surface area contributed by atoms with Gasteiger partial charge in [-0.25, -0.2) is 0 Å². The largest absolute Gasteiger partial charge is 0.497 e. The highest BCUT2D eigenvalue weighted by atomic mass is 35.5. The highest BCUT2D eigenvalue weighted by Crippen LogP contribution is 2.47. The number of rotatable bonds is 3. The van der Waals surface area contributed by atoms with E-state index in [-0.39, 0.29) is 0 Å². The number of halogens is 1. The molecule has 0 N–H and O–H groups in total. The average molecular weight is 393 g/mol. The zero-order chi connectivity index (χ0) is 19.4. The predicted octanol–water partition coefficient (Wildman–Crippen LogP) is 6.01. The molecule has 2 unspecified atom stereocenters. The van der Waals surface area contributed by atoms with E-state index in [0.717, 1.165) is 17.2 Å². The molecule has 0 spiro atoms. The molecule has 0 amide bonds. The van der Waals surface area contributed by atoms with Gasteiger partial charge in [-0.1, -0.05) is 23.7 Å². The monoisotopic (exact) mass is 392 g/mol. The Bertz CT molecular complexity index is 1080. The van der Waals surface area contributed by atoms with Crippen LogP contribution in [0.3, 0.4) is 0 Å². The minimum atomic E-state index is 0.505. The molecule has 4 heteroatoms. The number of aromatic nitrogens is 1. The van der Waals surface area contributed by atoms with Gasteiger partial charge in [0.05, 0.1) is 12.6 Å². The van der Waals surface area contributed by atoms with E-state index in [1.165, 1.54) is 46.1 Å². The molecule has 0 saturated carbocycles. The van der Waals surface area contributed by atoms with E-state index in [1.54, 1.807) is 7.11 Å². The van der Waals surface area contributed by atoms with Crippen LogP contribution in [0, 0.1) is 0 Å². The average Bonchev–Trinajstić information content (AvgIpc) is 3.11. The zero-order valence-electron chi connectivity index (χ0n) is 16.6. The van der Waals surface area contributed by atoms with Gasteiger partial charge in [-0.3, -0.25) is 4.90 Å². The van der Waals surface area contributed by atoms with Crippen molar-refractivity contribution in [1.29, 1.82) is 0 Å². The van der Waals surface area contributed by atoms with E-state index in [9.17, 15) is 0 Å². The quantitative estimate of drug-likeness (QED) is 0.542. The molecule has 3 heterocycles. The first-order chi connectivity index (χ1) is 13.6. The van der Waals surface area contributed by atoms with Crippen molar-refractivity contribution in [2.45, 2.75) is 38.3 Å². The fourth-order valence-electron chi connectivity index (χ4n) is 5.04. The van der Waals surface area contributed by atoms with Gasteiger partial charge in [0.15, 0.2) is 0 Å². The summed E-state index contributed by atoms with van der Waals surface area (Å²) in [6.07, 6.45) is 5.91. The molecule has 1 aromatic heterocycles. The number of likely N-dealkylation sites (N-methyl/N-ethyl adjacent to an activating group) is 1. The first kappa shape index (κ1) is 17.8. The number of methoxy groups -OCH3 is 1. The van der Waals surface area contributed by atoms with Crippen molar-refractivity contribution in [2.75, 3.05) is 14.2 Å². The molecule has 28 heavy (non-hydrogen) atoms. The Morgan fingerprint density at radius 1 is 1.14 bits per heavy atom. The van der Waals surface area contributed by atoms with Gasteiger partial charge in [0, 0.05) is 40.8 Å². The standard InChI is InChI=1S/C24H25ClN2O/c1-15(16-4-8-19(28-3)9-5-16)14-27-21-10-6-17(25)12-20(21)24-22-11-7-18(26(22)2)13-23(24)27/h4-6,8-10,12,14,18,22H,7,11,13H2,1-3H3/b15-14+. The molecule has 1 saturated heterocycles. The highest BCUT2D eigenvalue weighted by Gasteiger charge is 2.40. The van der Waals surface area contributed by atoms with Gasteiger partial charge in [0.25, 0.3) is 0 Å². The lowest BCUT2D eigenvalue weighted by atomic mass is 9.97. The van der Waals surface area contributed by atoms with Crippen molar-refractivity contribution in [1.82, 2.24) is 9.47 Å². The van der Waals surface area contributed by atoms with Crippen molar-refractivity contribution in [3.63, 3.8) is 0 Å². The molecule has 1 fully saturated rings. The third-order valence-electron chi connectivity index (χ3n) is 6.58. The summed E-state index contributed by atoms with van der Waals surface area (Å²) in [4.78, 5) is 2.56. The van der Waals surface area contributed by atoms with Crippen LogP contribution in [0.5, 0.6) is 5.75 Å². The Hall–Kier alpha value is -2.23. The van der Waals surface area contributed by atoms with Crippen LogP contribution in [0.25, 0.3) is 22.7 Å². The summed E-state index contributed by atoms with van der Waals surface area (Å²) < 4.78 is 7.71. The fraction of sp³-hybridized carbons (Fsp3) is 0.333. The minimum absolute atomic E-state index is 0.505. The van der Waals surface area contributed by atoms with Crippen molar-refractivity contribution < 1.29 is 4.74 Å². The Kier molecular flexibility index (Phi) is 4.26. The lowest BCUT2D eigenvalue weighted by molar-refractivity contribution is 0.223. The second-order valence-corrected chi connectivity index (χ2v) is 8.49. The number of ether oxygens (including phenoxy) is 1. The smallest absolute Gasteiger partial charge is 0.118 e. The van der Waals surface area contributed by atoms with Crippen LogP contribution < -0.4 is 4.74 Å². The van der Waals surface area contributed by atoms with Gasteiger partial charge in [-0.15, -0.1) is 0 Å². The Balaban J connectivity index is 1.68. The van der Waals surface area contributed by atoms with Gasteiger partial charge in [-0.2, -0.15) is 0 Å². The number of benzene rings is 2. The Labute approximate surface area is 171 Å². The van der Waals surface area contributed by atoms with Crippen molar-refractivity contribution in [3.05, 3.63) is 64.3 Å². The summed E-state index contributed by atoms with van der Waals surface area (Å²) in [6.45, 7) is 2.18. The molecule has 0 aliphatic carbocycles. The molecular formula is C24H25ClN2O. The maximum atomic E-state index is 6.39. The van der Waals surface area contributed by atoms with E-state index in [2.05, 4.69) is 53.9 Å². The lowest BCUT2D eigenvalue weighted by Crippen LogP contribution is -2.34. The molecule has 2 bridgehead atoms. The second-order valence-electron chi connectivity index (χ2n) is 8.05. The Morgan fingerprint density at radius 3 is 2.68 bits per heavy atom. The number of hydrogen-bond donors (Lipinski definition) is 0. The molecule has 3 nitrogen and oxygen atoms in total. The minimum Gasteiger partial charge on any atom is -0.497 e. The van der Waals surface area contributed by atoms with E-state index in [1.807, 2.05) is 18.2 Å². The molecule has 2 aliphatic rings. The van der Waals surface area contributed by atoms with Gasteiger partial charge in [0.2, 0.25) is 0 Å². The zero-order valence-corrected chi connectivity index (χ0v) is 17.3. The van der Waals surface area contributed by atoms with Crippen LogP contribution in [0.2, 0.25) is 5.02 Å². The number of allylic oxidation sites excluding steroid dienone is 1. The first-order valence-electron chi connectivity index (χ1n) is 9.94. The van der Waals surface area contributed by atoms with Crippen LogP contribution in [0.4, 0.5) is 0 Å². The van der Waals surface area contributed by atoms with Crippen LogP contribution >= 0.6 is 11.6 Å². The van der Waals surface area contributed by atoms with E-state index < -0.39 is 0 Å². The van der Waals surface area contributed by atoms with Crippen LogP contribution in [-0.2, 0) is 6.42 Å². The summed E-state index contributed by atoms with van der Waals surface area (Å²) in [7, 11) is 3.98. The van der Waals surface area contributed by atoms with Crippen LogP contribution in [0.15, 0.2) is 42.5 Å². The van der Waals surface area contributed by atoms with Crippen molar-refractivity contribution in [2.24, 2.45) is 0 Å². The number of fused-ring (bicyclic) bond motifs is 6. The third kappa shape index (κ3) is 2.68. The molecule has 5 rings (SSSR count). The van der Waals surface area contributed by atoms with Gasteiger partial charge >= 0.3 is 0 Å². The summed E-state index contributed by atoms with van der Waals surface area (Å²) in [6, 6.07) is 15.8. The molecule has 0 radical (unpaired) electrons. The fourth-order valence-corrected chi connectivity index (χ4v) is 5.22. The van der Waals surface area contributed by atoms with Crippen molar-refractivity contribution in [3.8, 4) is 5.75 Å². The van der Waals surface area contributed by atoms with Crippen LogP contribution in [0.1, 0.15) is 42.6 Å². The summed E-state index contributed by atoms with van der Waals surface area (Å²) in [5, 5.41) is 2.12. The van der Waals surface area contributed by atoms with Gasteiger partial charge in [-0.05, 0) is 73.8 Å². The summed E-state index contributed by atoms with van der Waals surface area (Å²) >= 11 is 6.39. The predicted molar refractivity (Wildman–Crippen MR) is 117 cm³/mol. The topological polar surface area (TPSA) is 17.4 Å². The molecule has 2 atom stereocenters. The van der Waals surface area contributed by atoms with Crippen LogP contribution in [-0.4, -0.2) is 29.7 Å². The van der Waals surface area contributed by atoms with E-state index in [4.69, 9.17) is 16.3 Å². The molecular weight excluding hydrogens is 368 g/mol. The lowest BCUT2D eigenvalue weighted by Gasteiger charge is -2.32. The highest BCUT2D eigenvalue weighted by molar-refractivity contribution is 6.31. The number of nitrogens with zero attached hydrogens (tertiary/aromatic N) is 2. The summed E-state index contributed by atoms with van der Waals surface area (Å²) in [5.74, 6) is 0.884. The SMILES string of the molecule is COc1ccc(/C(C)=C/n2c3c(c4cc(Cl)ccc42)C2CCC(C3)N2C)cc1. The normalized spacial score (nSPS) is 21.9. The molecule has 3 aromatic rings. The molecule has 144 valence electrons. The molecule has 2 aliphatic heterocycles. The first-order valence-corrected chi connectivity index (χ1v) is 10.3. The van der Waals surface area contributed by atoms with E-state index >= 15 is 0 Å².